The first-order valence-corrected chi connectivity index (χ1v) is 8.45. The summed E-state index contributed by atoms with van der Waals surface area (Å²) in [5.74, 6) is -0.765. The molecule has 4 rings (SSSR count). The number of benzene rings is 1. The molecule has 5 nitrogen and oxygen atoms in total. The molecule has 0 spiro atoms. The van der Waals surface area contributed by atoms with Crippen molar-refractivity contribution in [3.63, 3.8) is 0 Å². The van der Waals surface area contributed by atoms with Crippen LogP contribution in [0.5, 0.6) is 0 Å². The predicted octanol–water partition coefficient (Wildman–Crippen LogP) is 3.81. The van der Waals surface area contributed by atoms with Crippen molar-refractivity contribution in [2.45, 2.75) is 26.2 Å². The molecule has 0 saturated heterocycles. The van der Waals surface area contributed by atoms with Crippen molar-refractivity contribution in [2.24, 2.45) is 7.05 Å². The zero-order valence-corrected chi connectivity index (χ0v) is 14.6. The Morgan fingerprint density at radius 2 is 2.16 bits per heavy atom. The van der Waals surface area contributed by atoms with Crippen LogP contribution < -0.4 is 5.32 Å². The quantitative estimate of drug-likeness (QED) is 0.757. The highest BCUT2D eigenvalue weighted by molar-refractivity contribution is 6.31. The third kappa shape index (κ3) is 2.57. The second-order valence-electron chi connectivity index (χ2n) is 6.26. The summed E-state index contributed by atoms with van der Waals surface area (Å²) in [5, 5.41) is 7.98. The van der Waals surface area contributed by atoms with Gasteiger partial charge < -0.3 is 5.32 Å². The van der Waals surface area contributed by atoms with Crippen LogP contribution in [0.1, 0.15) is 33.7 Å². The standard InChI is InChI=1S/C18H16ClFN4O/c1-9-15-16(18(25)21-10-6-7-13(20)12(19)8-10)11-4-3-5-14(11)22-17(15)24(2)23-9/h6-8H,3-5H2,1-2H3,(H,21,25). The molecule has 128 valence electrons. The molecular formula is C18H16ClFN4O. The fourth-order valence-electron chi connectivity index (χ4n) is 3.48. The minimum atomic E-state index is -0.519. The predicted molar refractivity (Wildman–Crippen MR) is 94.6 cm³/mol. The Kier molecular flexibility index (Phi) is 3.72. The Balaban J connectivity index is 1.85. The molecule has 0 saturated carbocycles. The zero-order valence-electron chi connectivity index (χ0n) is 13.9. The first-order valence-electron chi connectivity index (χ1n) is 8.07. The van der Waals surface area contributed by atoms with E-state index < -0.39 is 5.82 Å². The summed E-state index contributed by atoms with van der Waals surface area (Å²) in [6.07, 6.45) is 2.66. The normalized spacial score (nSPS) is 13.3. The fourth-order valence-corrected chi connectivity index (χ4v) is 3.66. The number of pyridine rings is 1. The molecule has 2 heterocycles. The largest absolute Gasteiger partial charge is 0.322 e. The molecule has 2 aromatic heterocycles. The number of rotatable bonds is 2. The lowest BCUT2D eigenvalue weighted by molar-refractivity contribution is 0.102. The van der Waals surface area contributed by atoms with Gasteiger partial charge in [0, 0.05) is 18.4 Å². The summed E-state index contributed by atoms with van der Waals surface area (Å²) in [4.78, 5) is 17.7. The van der Waals surface area contributed by atoms with Crippen LogP contribution in [0.3, 0.4) is 0 Å². The SMILES string of the molecule is Cc1nn(C)c2nc3c(c(C(=O)Nc4ccc(F)c(Cl)c4)c12)CCC3. The minimum absolute atomic E-state index is 0.0273. The summed E-state index contributed by atoms with van der Waals surface area (Å²) in [7, 11) is 1.82. The van der Waals surface area contributed by atoms with Gasteiger partial charge in [-0.2, -0.15) is 5.10 Å². The molecule has 1 aliphatic rings. The number of fused-ring (bicyclic) bond motifs is 2. The van der Waals surface area contributed by atoms with Crippen LogP contribution in [0, 0.1) is 12.7 Å². The molecule has 0 atom stereocenters. The van der Waals surface area contributed by atoms with Gasteiger partial charge in [0.2, 0.25) is 0 Å². The highest BCUT2D eigenvalue weighted by Gasteiger charge is 2.27. The summed E-state index contributed by atoms with van der Waals surface area (Å²) < 4.78 is 15.0. The van der Waals surface area contributed by atoms with Crippen molar-refractivity contribution < 1.29 is 9.18 Å². The summed E-state index contributed by atoms with van der Waals surface area (Å²) in [5.41, 5.74) is 4.48. The van der Waals surface area contributed by atoms with E-state index in [1.165, 1.54) is 18.2 Å². The number of aryl methyl sites for hydroxylation is 3. The van der Waals surface area contributed by atoms with Crippen molar-refractivity contribution in [2.75, 3.05) is 5.32 Å². The highest BCUT2D eigenvalue weighted by atomic mass is 35.5. The van der Waals surface area contributed by atoms with Gasteiger partial charge in [0.05, 0.1) is 21.7 Å². The van der Waals surface area contributed by atoms with Crippen molar-refractivity contribution in [1.29, 1.82) is 0 Å². The van der Waals surface area contributed by atoms with Gasteiger partial charge in [-0.05, 0) is 49.9 Å². The molecule has 0 aliphatic heterocycles. The van der Waals surface area contributed by atoms with E-state index in [0.29, 0.717) is 16.9 Å². The molecule has 1 aromatic carbocycles. The smallest absolute Gasteiger partial charge is 0.256 e. The number of amides is 1. The molecule has 25 heavy (non-hydrogen) atoms. The topological polar surface area (TPSA) is 59.8 Å². The summed E-state index contributed by atoms with van der Waals surface area (Å²) in [6.45, 7) is 1.87. The first kappa shape index (κ1) is 16.0. The van der Waals surface area contributed by atoms with E-state index in [4.69, 9.17) is 16.6 Å². The van der Waals surface area contributed by atoms with Gasteiger partial charge in [-0.3, -0.25) is 9.48 Å². The van der Waals surface area contributed by atoms with E-state index in [0.717, 1.165) is 41.6 Å². The van der Waals surface area contributed by atoms with E-state index in [1.54, 1.807) is 4.68 Å². The number of nitrogens with one attached hydrogen (secondary N) is 1. The summed E-state index contributed by atoms with van der Waals surface area (Å²) >= 11 is 5.81. The average molecular weight is 359 g/mol. The molecular weight excluding hydrogens is 343 g/mol. The van der Waals surface area contributed by atoms with Crippen molar-refractivity contribution in [3.8, 4) is 0 Å². The van der Waals surface area contributed by atoms with Crippen LogP contribution in [-0.2, 0) is 19.9 Å². The number of aromatic nitrogens is 3. The van der Waals surface area contributed by atoms with Crippen LogP contribution in [0.15, 0.2) is 18.2 Å². The maximum atomic E-state index is 13.3. The molecule has 0 bridgehead atoms. The highest BCUT2D eigenvalue weighted by Crippen LogP contribution is 2.32. The third-order valence-corrected chi connectivity index (χ3v) is 4.87. The van der Waals surface area contributed by atoms with Crippen LogP contribution in [0.2, 0.25) is 5.02 Å². The lowest BCUT2D eigenvalue weighted by Gasteiger charge is -2.12. The molecule has 0 radical (unpaired) electrons. The second-order valence-corrected chi connectivity index (χ2v) is 6.66. The Morgan fingerprint density at radius 3 is 2.92 bits per heavy atom. The second kappa shape index (κ2) is 5.81. The van der Waals surface area contributed by atoms with Gasteiger partial charge in [0.1, 0.15) is 5.82 Å². The van der Waals surface area contributed by atoms with Crippen LogP contribution in [0.4, 0.5) is 10.1 Å². The van der Waals surface area contributed by atoms with Crippen molar-refractivity contribution in [3.05, 3.63) is 51.6 Å². The maximum Gasteiger partial charge on any atom is 0.256 e. The molecule has 0 unspecified atom stereocenters. The average Bonchev–Trinajstić information content (AvgIpc) is 3.14. The Labute approximate surface area is 148 Å². The first-order chi connectivity index (χ1) is 12.0. The zero-order chi connectivity index (χ0) is 17.7. The van der Waals surface area contributed by atoms with E-state index in [-0.39, 0.29) is 10.9 Å². The Morgan fingerprint density at radius 1 is 1.36 bits per heavy atom. The van der Waals surface area contributed by atoms with Gasteiger partial charge in [-0.25, -0.2) is 9.37 Å². The van der Waals surface area contributed by atoms with Crippen molar-refractivity contribution in [1.82, 2.24) is 14.8 Å². The van der Waals surface area contributed by atoms with Crippen LogP contribution in [0.25, 0.3) is 11.0 Å². The lowest BCUT2D eigenvalue weighted by atomic mass is 10.0. The molecule has 1 N–H and O–H groups in total. The molecule has 1 aliphatic carbocycles. The van der Waals surface area contributed by atoms with E-state index >= 15 is 0 Å². The number of nitrogens with zero attached hydrogens (tertiary/aromatic N) is 3. The van der Waals surface area contributed by atoms with E-state index in [9.17, 15) is 9.18 Å². The Hall–Kier alpha value is -2.47. The van der Waals surface area contributed by atoms with E-state index in [1.807, 2.05) is 14.0 Å². The molecule has 3 aromatic rings. The minimum Gasteiger partial charge on any atom is -0.322 e. The van der Waals surface area contributed by atoms with Crippen LogP contribution >= 0.6 is 11.6 Å². The molecule has 1 amide bonds. The molecule has 0 fully saturated rings. The van der Waals surface area contributed by atoms with Gasteiger partial charge in [-0.1, -0.05) is 11.6 Å². The number of anilines is 1. The van der Waals surface area contributed by atoms with Gasteiger partial charge in [0.15, 0.2) is 5.65 Å². The van der Waals surface area contributed by atoms with Gasteiger partial charge >= 0.3 is 0 Å². The fraction of sp³-hybridized carbons (Fsp3) is 0.278. The number of halogens is 2. The number of hydrogen-bond donors (Lipinski definition) is 1. The number of carbonyl (C=O) groups is 1. The van der Waals surface area contributed by atoms with Crippen LogP contribution in [-0.4, -0.2) is 20.7 Å². The van der Waals surface area contributed by atoms with Gasteiger partial charge in [-0.15, -0.1) is 0 Å². The van der Waals surface area contributed by atoms with Gasteiger partial charge in [0.25, 0.3) is 5.91 Å². The third-order valence-electron chi connectivity index (χ3n) is 4.58. The monoisotopic (exact) mass is 358 g/mol. The number of carbonyl (C=O) groups excluding carboxylic acids is 1. The maximum absolute atomic E-state index is 13.3. The Bertz CT molecular complexity index is 1030. The van der Waals surface area contributed by atoms with E-state index in [2.05, 4.69) is 10.4 Å². The lowest BCUT2D eigenvalue weighted by Crippen LogP contribution is -2.16. The summed E-state index contributed by atoms with van der Waals surface area (Å²) in [6, 6.07) is 4.14. The van der Waals surface area contributed by atoms with Crippen molar-refractivity contribution >= 4 is 34.2 Å². The molecule has 7 heteroatoms. The number of hydrogen-bond acceptors (Lipinski definition) is 3.